The van der Waals surface area contributed by atoms with Gasteiger partial charge in [-0.15, -0.1) is 10.2 Å². The van der Waals surface area contributed by atoms with E-state index in [-0.39, 0.29) is 18.0 Å². The maximum Gasteiger partial charge on any atom is 0.360 e. The Labute approximate surface area is 191 Å². The molecule has 0 radical (unpaired) electrons. The highest BCUT2D eigenvalue weighted by Crippen LogP contribution is 2.37. The van der Waals surface area contributed by atoms with E-state index in [4.69, 9.17) is 4.84 Å². The lowest BCUT2D eigenvalue weighted by Crippen LogP contribution is -2.44. The second-order valence-corrected chi connectivity index (χ2v) is 7.14. The fraction of sp³-hybridized carbons (Fsp3) is 0.120. The smallest absolute Gasteiger partial charge is 0.360 e. The van der Waals surface area contributed by atoms with Gasteiger partial charge in [-0.1, -0.05) is 101 Å². The predicted molar refractivity (Wildman–Crippen MR) is 124 cm³/mol. The summed E-state index contributed by atoms with van der Waals surface area (Å²) in [5.74, 6) is -1.25. The topological polar surface area (TPSA) is 102 Å². The van der Waals surface area contributed by atoms with Crippen LogP contribution in [-0.2, 0) is 15.2 Å². The van der Waals surface area contributed by atoms with Gasteiger partial charge < -0.3 is 9.94 Å². The number of rotatable bonds is 9. The Bertz CT molecular complexity index is 1130. The van der Waals surface area contributed by atoms with E-state index in [0.717, 1.165) is 16.7 Å². The van der Waals surface area contributed by atoms with Gasteiger partial charge in [-0.05, 0) is 23.6 Å². The normalized spacial score (nSPS) is 11.7. The number of nitrogens with one attached hydrogen (secondary N) is 1. The molecule has 1 aromatic heterocycles. The summed E-state index contributed by atoms with van der Waals surface area (Å²) in [7, 11) is 0. The molecular formula is C25H23N5O3. The zero-order valence-corrected chi connectivity index (χ0v) is 18.0. The fourth-order valence-corrected chi connectivity index (χ4v) is 3.66. The van der Waals surface area contributed by atoms with Crippen LogP contribution in [0.3, 0.4) is 0 Å². The molecule has 4 aromatic rings. The monoisotopic (exact) mass is 441 g/mol. The molecule has 3 aromatic carbocycles. The third kappa shape index (κ3) is 4.45. The van der Waals surface area contributed by atoms with Gasteiger partial charge in [0, 0.05) is 0 Å². The van der Waals surface area contributed by atoms with Crippen molar-refractivity contribution in [2.24, 2.45) is 5.16 Å². The highest BCUT2D eigenvalue weighted by Gasteiger charge is 2.37. The van der Waals surface area contributed by atoms with E-state index in [1.54, 1.807) is 6.92 Å². The first-order valence-electron chi connectivity index (χ1n) is 10.5. The molecule has 0 fully saturated rings. The summed E-state index contributed by atoms with van der Waals surface area (Å²) >= 11 is 0. The predicted octanol–water partition coefficient (Wildman–Crippen LogP) is 3.64. The van der Waals surface area contributed by atoms with Crippen molar-refractivity contribution >= 4 is 11.7 Å². The number of carboxylic acid groups (broad SMARTS) is 1. The summed E-state index contributed by atoms with van der Waals surface area (Å²) in [6.07, 6.45) is 1.34. The second-order valence-electron chi connectivity index (χ2n) is 7.14. The van der Waals surface area contributed by atoms with Gasteiger partial charge in [0.1, 0.15) is 17.8 Å². The number of aliphatic carboxylic acids is 1. The Balaban J connectivity index is 1.87. The molecule has 0 aliphatic heterocycles. The number of oxime groups is 1. The summed E-state index contributed by atoms with van der Waals surface area (Å²) in [5.41, 5.74) is 5.19. The fourth-order valence-electron chi connectivity index (χ4n) is 3.66. The molecule has 0 aliphatic carbocycles. The van der Waals surface area contributed by atoms with Gasteiger partial charge in [-0.2, -0.15) is 0 Å². The Morgan fingerprint density at radius 1 is 0.939 bits per heavy atom. The maximum atomic E-state index is 11.7. The van der Waals surface area contributed by atoms with E-state index in [9.17, 15) is 9.90 Å². The minimum absolute atomic E-state index is 0.0755. The van der Waals surface area contributed by atoms with Crippen LogP contribution in [0.1, 0.15) is 29.3 Å². The lowest BCUT2D eigenvalue weighted by Gasteiger charge is -2.36. The second kappa shape index (κ2) is 9.78. The van der Waals surface area contributed by atoms with E-state index in [0.29, 0.717) is 0 Å². The molecule has 0 unspecified atom stereocenters. The number of carbonyl (C=O) groups is 1. The molecule has 0 atom stereocenters. The van der Waals surface area contributed by atoms with Crippen molar-refractivity contribution in [1.82, 2.24) is 15.1 Å². The summed E-state index contributed by atoms with van der Waals surface area (Å²) in [5, 5.41) is 21.8. The average molecular weight is 441 g/mol. The lowest BCUT2D eigenvalue weighted by atomic mass is 9.77. The largest absolute Gasteiger partial charge is 0.476 e. The van der Waals surface area contributed by atoms with Crippen LogP contribution < -0.4 is 5.43 Å². The first-order chi connectivity index (χ1) is 16.1. The van der Waals surface area contributed by atoms with Crippen molar-refractivity contribution in [3.05, 3.63) is 120 Å². The molecule has 1 heterocycles. The first kappa shape index (κ1) is 21.8. The van der Waals surface area contributed by atoms with Crippen molar-refractivity contribution in [3.8, 4) is 0 Å². The zero-order chi connectivity index (χ0) is 23.1. The van der Waals surface area contributed by atoms with Crippen LogP contribution in [0.2, 0.25) is 0 Å². The maximum absolute atomic E-state index is 11.7. The molecule has 166 valence electrons. The molecule has 33 heavy (non-hydrogen) atoms. The van der Waals surface area contributed by atoms with Gasteiger partial charge in [-0.25, -0.2) is 4.79 Å². The van der Waals surface area contributed by atoms with E-state index < -0.39 is 11.5 Å². The van der Waals surface area contributed by atoms with E-state index in [1.165, 1.54) is 11.1 Å². The summed E-state index contributed by atoms with van der Waals surface area (Å²) in [6, 6.07) is 29.8. The third-order valence-corrected chi connectivity index (χ3v) is 5.11. The molecule has 0 bridgehead atoms. The number of carboxylic acids is 1. The average Bonchev–Trinajstić information content (AvgIpc) is 3.32. The van der Waals surface area contributed by atoms with E-state index >= 15 is 0 Å². The van der Waals surface area contributed by atoms with Crippen LogP contribution in [0.25, 0.3) is 0 Å². The summed E-state index contributed by atoms with van der Waals surface area (Å²) in [4.78, 5) is 17.9. The number of aromatic nitrogens is 3. The number of hydrogen-bond acceptors (Lipinski definition) is 6. The highest BCUT2D eigenvalue weighted by molar-refractivity contribution is 6.41. The molecular weight excluding hydrogens is 418 g/mol. The highest BCUT2D eigenvalue weighted by atomic mass is 16.6. The van der Waals surface area contributed by atoms with E-state index in [1.807, 2.05) is 91.0 Å². The molecule has 0 spiro atoms. The first-order valence-corrected chi connectivity index (χ1v) is 10.5. The number of benzene rings is 3. The summed E-state index contributed by atoms with van der Waals surface area (Å²) in [6.45, 7) is 1.96. The van der Waals surface area contributed by atoms with Gasteiger partial charge in [-0.3, -0.25) is 5.43 Å². The van der Waals surface area contributed by atoms with E-state index in [2.05, 4.69) is 20.8 Å². The van der Waals surface area contributed by atoms with Crippen molar-refractivity contribution in [3.63, 3.8) is 0 Å². The molecule has 0 amide bonds. The molecule has 8 nitrogen and oxygen atoms in total. The van der Waals surface area contributed by atoms with Crippen LogP contribution in [0.15, 0.2) is 102 Å². The van der Waals surface area contributed by atoms with Crippen molar-refractivity contribution in [2.45, 2.75) is 12.5 Å². The molecule has 0 aliphatic rings. The van der Waals surface area contributed by atoms with Crippen LogP contribution in [0.4, 0.5) is 0 Å². The SMILES string of the molecule is CCO/N=C(\C(=O)O)c1cnn(NC(c2ccccc2)(c2ccccc2)c2ccccc2)n1. The van der Waals surface area contributed by atoms with Gasteiger partial charge >= 0.3 is 5.97 Å². The number of nitrogens with zero attached hydrogens (tertiary/aromatic N) is 4. The standard InChI is InChI=1S/C25H23N5O3/c1-2-33-28-23(24(31)32)22-18-26-30(27-22)29-25(19-12-6-3-7-13-19,20-14-8-4-9-15-20)21-16-10-5-11-17-21/h3-18,29H,2H2,1H3,(H,31,32)/b28-23-. The van der Waals surface area contributed by atoms with Crippen molar-refractivity contribution in [1.29, 1.82) is 0 Å². The molecule has 0 saturated carbocycles. The molecule has 8 heteroatoms. The van der Waals surface area contributed by atoms with Gasteiger partial charge in [0.05, 0.1) is 6.20 Å². The Kier molecular flexibility index (Phi) is 6.45. The third-order valence-electron chi connectivity index (χ3n) is 5.11. The zero-order valence-electron chi connectivity index (χ0n) is 18.0. The number of hydrogen-bond donors (Lipinski definition) is 2. The summed E-state index contributed by atoms with van der Waals surface area (Å²) < 4.78 is 0. The Morgan fingerprint density at radius 2 is 1.42 bits per heavy atom. The van der Waals surface area contributed by atoms with Crippen LogP contribution in [0.5, 0.6) is 0 Å². The van der Waals surface area contributed by atoms with Crippen molar-refractivity contribution in [2.75, 3.05) is 12.0 Å². The Hall–Kier alpha value is -4.46. The van der Waals surface area contributed by atoms with Crippen molar-refractivity contribution < 1.29 is 14.7 Å². The quantitative estimate of drug-likeness (QED) is 0.234. The Morgan fingerprint density at radius 3 is 1.85 bits per heavy atom. The van der Waals surface area contributed by atoms with Gasteiger partial charge in [0.2, 0.25) is 5.71 Å². The van der Waals surface area contributed by atoms with Crippen LogP contribution in [-0.4, -0.2) is 38.5 Å². The minimum atomic E-state index is -1.25. The molecule has 2 N–H and O–H groups in total. The lowest BCUT2D eigenvalue weighted by molar-refractivity contribution is -0.129. The molecule has 0 saturated heterocycles. The van der Waals surface area contributed by atoms with Crippen LogP contribution >= 0.6 is 0 Å². The van der Waals surface area contributed by atoms with Gasteiger partial charge in [0.15, 0.2) is 0 Å². The minimum Gasteiger partial charge on any atom is -0.476 e. The van der Waals surface area contributed by atoms with Gasteiger partial charge in [0.25, 0.3) is 0 Å². The molecule has 4 rings (SSSR count). The van der Waals surface area contributed by atoms with Crippen LogP contribution in [0, 0.1) is 0 Å².